The van der Waals surface area contributed by atoms with Crippen LogP contribution in [-0.4, -0.2) is 96.7 Å². The Labute approximate surface area is 517 Å². The molecule has 0 saturated carbocycles. The smallest absolute Gasteiger partial charge is 0.462 e. The predicted molar refractivity (Wildman–Crippen MR) is 340 cm³/mol. The molecule has 0 amide bonds. The predicted octanol–water partition coefficient (Wildman–Crippen LogP) is 18.4. The molecule has 85 heavy (non-hydrogen) atoms. The molecular weight excluding hydrogens is 1130 g/mol. The third kappa shape index (κ3) is 60.7. The average molecular weight is 1260 g/mol. The van der Waals surface area contributed by atoms with Crippen molar-refractivity contribution >= 4 is 39.5 Å². The molecule has 19 heteroatoms. The van der Waals surface area contributed by atoms with Gasteiger partial charge >= 0.3 is 39.5 Å². The maximum absolute atomic E-state index is 13.0. The molecule has 0 heterocycles. The van der Waals surface area contributed by atoms with Crippen molar-refractivity contribution in [1.82, 2.24) is 0 Å². The zero-order valence-corrected chi connectivity index (χ0v) is 56.7. The standard InChI is InChI=1S/C66H128O17P2/c1-7-9-11-13-14-15-26-32-38-44-50-65(70)82-61(54-76-63(68)48-42-34-12-10-8-2)56-80-84(72,73)78-52-60(67)53-79-85(74,75)81-57-62(55-77-64(69)49-43-37-31-28-23-25-30-36-41-47-59(5)6)83-66(71)51-45-39-33-27-22-20-18-16-17-19-21-24-29-35-40-46-58(3)4/h58-62,67H,7-57H2,1-6H3,(H,72,73)(H,74,75)/t60-,61+,62+/m0/s1. The minimum absolute atomic E-state index is 0.105. The van der Waals surface area contributed by atoms with E-state index in [2.05, 4.69) is 41.5 Å². The number of rotatable bonds is 65. The number of esters is 4. The second-order valence-electron chi connectivity index (χ2n) is 24.8. The molecule has 0 fully saturated rings. The Kier molecular flexibility index (Phi) is 57.1. The van der Waals surface area contributed by atoms with Crippen molar-refractivity contribution < 1.29 is 80.2 Å². The second kappa shape index (κ2) is 58.4. The van der Waals surface area contributed by atoms with Crippen LogP contribution < -0.4 is 0 Å². The van der Waals surface area contributed by atoms with Gasteiger partial charge in [0, 0.05) is 25.7 Å². The zero-order chi connectivity index (χ0) is 62.9. The Hall–Kier alpha value is -1.94. The Bertz CT molecular complexity index is 1670. The quantitative estimate of drug-likeness (QED) is 0.0222. The van der Waals surface area contributed by atoms with Gasteiger partial charge in [-0.2, -0.15) is 0 Å². The highest BCUT2D eigenvalue weighted by atomic mass is 31.2. The third-order valence-electron chi connectivity index (χ3n) is 15.2. The van der Waals surface area contributed by atoms with Crippen LogP contribution in [-0.2, 0) is 65.4 Å². The fourth-order valence-corrected chi connectivity index (χ4v) is 11.5. The third-order valence-corrected chi connectivity index (χ3v) is 17.1. The molecule has 0 aliphatic carbocycles. The number of carbonyl (C=O) groups excluding carboxylic acids is 4. The van der Waals surface area contributed by atoms with E-state index >= 15 is 0 Å². The van der Waals surface area contributed by atoms with Crippen molar-refractivity contribution in [2.75, 3.05) is 39.6 Å². The SMILES string of the molecule is CCCCCCCCCCCCC(=O)O[C@H](COC(=O)CCCCCCC)COP(=O)(O)OC[C@H](O)COP(=O)(O)OC[C@@H](COC(=O)CCCCCCCCCCCC(C)C)OC(=O)CCCCCCCCCCCCCCCCCC(C)C. The molecule has 0 saturated heterocycles. The van der Waals surface area contributed by atoms with Gasteiger partial charge in [-0.1, -0.05) is 279 Å². The number of phosphoric acid groups is 2. The van der Waals surface area contributed by atoms with Crippen molar-refractivity contribution in [1.29, 1.82) is 0 Å². The maximum Gasteiger partial charge on any atom is 0.472 e. The first-order chi connectivity index (χ1) is 40.9. The van der Waals surface area contributed by atoms with Gasteiger partial charge in [-0.3, -0.25) is 37.3 Å². The van der Waals surface area contributed by atoms with E-state index in [4.69, 9.17) is 37.0 Å². The van der Waals surface area contributed by atoms with Gasteiger partial charge in [0.25, 0.3) is 0 Å². The average Bonchev–Trinajstić information content (AvgIpc) is 3.50. The van der Waals surface area contributed by atoms with E-state index in [1.54, 1.807) is 0 Å². The van der Waals surface area contributed by atoms with Crippen molar-refractivity contribution in [3.8, 4) is 0 Å². The van der Waals surface area contributed by atoms with Crippen LogP contribution in [0.1, 0.15) is 330 Å². The van der Waals surface area contributed by atoms with Crippen LogP contribution in [0, 0.1) is 11.8 Å². The molecule has 0 rings (SSSR count). The molecule has 0 spiro atoms. The number of phosphoric ester groups is 2. The van der Waals surface area contributed by atoms with Crippen molar-refractivity contribution in [3.63, 3.8) is 0 Å². The summed E-state index contributed by atoms with van der Waals surface area (Å²) in [7, 11) is -9.88. The highest BCUT2D eigenvalue weighted by Gasteiger charge is 2.30. The van der Waals surface area contributed by atoms with Crippen LogP contribution in [0.4, 0.5) is 0 Å². The van der Waals surface area contributed by atoms with Crippen molar-refractivity contribution in [2.24, 2.45) is 11.8 Å². The number of unbranched alkanes of at least 4 members (excludes halogenated alkanes) is 35. The van der Waals surface area contributed by atoms with E-state index < -0.39 is 97.5 Å². The van der Waals surface area contributed by atoms with Gasteiger partial charge in [0.05, 0.1) is 26.4 Å². The van der Waals surface area contributed by atoms with Crippen LogP contribution in [0.25, 0.3) is 0 Å². The van der Waals surface area contributed by atoms with Crippen LogP contribution in [0.5, 0.6) is 0 Å². The summed E-state index contributed by atoms with van der Waals surface area (Å²) in [5, 5.41) is 10.5. The number of ether oxygens (including phenoxy) is 4. The molecule has 0 aliphatic rings. The summed E-state index contributed by atoms with van der Waals surface area (Å²) in [4.78, 5) is 72.0. The molecule has 5 atom stereocenters. The number of hydrogen-bond donors (Lipinski definition) is 3. The van der Waals surface area contributed by atoms with E-state index in [0.29, 0.717) is 25.7 Å². The number of aliphatic hydroxyl groups is 1. The lowest BCUT2D eigenvalue weighted by atomic mass is 10.0. The number of hydrogen-bond acceptors (Lipinski definition) is 15. The fraction of sp³-hybridized carbons (Fsp3) is 0.939. The first-order valence-corrected chi connectivity index (χ1v) is 37.5. The molecule has 3 N–H and O–H groups in total. The number of aliphatic hydroxyl groups excluding tert-OH is 1. The van der Waals surface area contributed by atoms with Gasteiger partial charge in [0.2, 0.25) is 0 Å². The first-order valence-electron chi connectivity index (χ1n) is 34.5. The summed E-state index contributed by atoms with van der Waals surface area (Å²) in [5.41, 5.74) is 0. The minimum atomic E-state index is -4.95. The summed E-state index contributed by atoms with van der Waals surface area (Å²) in [6.07, 6.45) is 42.1. The summed E-state index contributed by atoms with van der Waals surface area (Å²) in [6, 6.07) is 0. The summed E-state index contributed by atoms with van der Waals surface area (Å²) in [6.45, 7) is 9.43. The van der Waals surface area contributed by atoms with E-state index in [1.165, 1.54) is 141 Å². The van der Waals surface area contributed by atoms with Crippen molar-refractivity contribution in [3.05, 3.63) is 0 Å². The minimum Gasteiger partial charge on any atom is -0.462 e. The van der Waals surface area contributed by atoms with Crippen LogP contribution in [0.2, 0.25) is 0 Å². The van der Waals surface area contributed by atoms with Crippen LogP contribution >= 0.6 is 15.6 Å². The van der Waals surface area contributed by atoms with Gasteiger partial charge in [0.15, 0.2) is 12.2 Å². The molecule has 0 aromatic rings. The highest BCUT2D eigenvalue weighted by Crippen LogP contribution is 2.45. The maximum atomic E-state index is 13.0. The molecular formula is C66H128O17P2. The topological polar surface area (TPSA) is 237 Å². The second-order valence-corrected chi connectivity index (χ2v) is 27.7. The number of carbonyl (C=O) groups is 4. The van der Waals surface area contributed by atoms with Gasteiger partial charge in [-0.05, 0) is 37.5 Å². The monoisotopic (exact) mass is 1250 g/mol. The molecule has 0 bridgehead atoms. The molecule has 2 unspecified atom stereocenters. The molecule has 0 aromatic heterocycles. The summed E-state index contributed by atoms with van der Waals surface area (Å²) >= 11 is 0. The normalized spacial score (nSPS) is 14.2. The Morgan fingerprint density at radius 1 is 0.318 bits per heavy atom. The lowest BCUT2D eigenvalue weighted by molar-refractivity contribution is -0.161. The van der Waals surface area contributed by atoms with Gasteiger partial charge < -0.3 is 33.8 Å². The lowest BCUT2D eigenvalue weighted by Crippen LogP contribution is -2.30. The molecule has 0 aromatic carbocycles. The van der Waals surface area contributed by atoms with Gasteiger partial charge in [-0.25, -0.2) is 9.13 Å². The van der Waals surface area contributed by atoms with Crippen LogP contribution in [0.3, 0.4) is 0 Å². The van der Waals surface area contributed by atoms with E-state index in [9.17, 15) is 43.2 Å². The van der Waals surface area contributed by atoms with E-state index in [1.807, 2.05) is 0 Å². The Morgan fingerprint density at radius 2 is 0.541 bits per heavy atom. The van der Waals surface area contributed by atoms with Gasteiger partial charge in [0.1, 0.15) is 19.3 Å². The Morgan fingerprint density at radius 3 is 0.800 bits per heavy atom. The largest absolute Gasteiger partial charge is 0.472 e. The van der Waals surface area contributed by atoms with Gasteiger partial charge in [-0.15, -0.1) is 0 Å². The first kappa shape index (κ1) is 83.1. The van der Waals surface area contributed by atoms with E-state index in [-0.39, 0.29) is 25.7 Å². The lowest BCUT2D eigenvalue weighted by Gasteiger charge is -2.21. The summed E-state index contributed by atoms with van der Waals surface area (Å²) < 4.78 is 67.9. The molecule has 504 valence electrons. The van der Waals surface area contributed by atoms with Crippen molar-refractivity contribution in [2.45, 2.75) is 349 Å². The fourth-order valence-electron chi connectivity index (χ4n) is 9.88. The van der Waals surface area contributed by atoms with E-state index in [0.717, 1.165) is 108 Å². The highest BCUT2D eigenvalue weighted by molar-refractivity contribution is 7.47. The molecule has 0 radical (unpaired) electrons. The molecule has 17 nitrogen and oxygen atoms in total. The molecule has 0 aliphatic heterocycles. The summed E-state index contributed by atoms with van der Waals surface area (Å²) in [5.74, 6) is -0.595. The Balaban J connectivity index is 5.15. The van der Waals surface area contributed by atoms with Crippen LogP contribution in [0.15, 0.2) is 0 Å². The zero-order valence-electron chi connectivity index (χ0n) is 54.9.